The van der Waals surface area contributed by atoms with E-state index in [1.54, 1.807) is 0 Å². The highest BCUT2D eigenvalue weighted by molar-refractivity contribution is 5.21. The molecule has 0 aliphatic carbocycles. The van der Waals surface area contributed by atoms with Crippen LogP contribution in [0.15, 0.2) is 12.1 Å². The van der Waals surface area contributed by atoms with E-state index in [-0.39, 0.29) is 11.8 Å². The molecule has 0 aliphatic rings. The molecule has 1 rings (SSSR count). The minimum Gasteiger partial charge on any atom is -0.492 e. The maximum absolute atomic E-state index is 8.81. The third-order valence-electron chi connectivity index (χ3n) is 0.980. The first-order chi connectivity index (χ1) is 4.25. The van der Waals surface area contributed by atoms with E-state index in [0.29, 0.717) is 0 Å². The Balaban J connectivity index is 3.07. The molecule has 1 aromatic rings. The molecular weight excluding hydrogens is 122 g/mol. The molecule has 50 valence electrons. The van der Waals surface area contributed by atoms with E-state index >= 15 is 0 Å². The lowest BCUT2D eigenvalue weighted by Crippen LogP contribution is -2.02. The van der Waals surface area contributed by atoms with Gasteiger partial charge in [0.2, 0.25) is 11.8 Å². The van der Waals surface area contributed by atoms with Crippen molar-refractivity contribution in [1.29, 1.82) is 0 Å². The summed E-state index contributed by atoms with van der Waals surface area (Å²) in [6.07, 6.45) is 0. The minimum atomic E-state index is -0.116. The zero-order chi connectivity index (χ0) is 6.85. The summed E-state index contributed by atoms with van der Waals surface area (Å²) in [6, 6.07) is 2.66. The maximum atomic E-state index is 8.81. The van der Waals surface area contributed by atoms with Crippen molar-refractivity contribution < 1.29 is 15.1 Å². The normalized spacial score (nSPS) is 9.44. The van der Waals surface area contributed by atoms with E-state index in [9.17, 15) is 0 Å². The van der Waals surface area contributed by atoms with E-state index < -0.39 is 0 Å². The van der Waals surface area contributed by atoms with Crippen LogP contribution in [0.25, 0.3) is 0 Å². The number of hydrogen-bond donors (Lipinski definition) is 2. The Morgan fingerprint density at radius 2 is 1.78 bits per heavy atom. The summed E-state index contributed by atoms with van der Waals surface area (Å²) >= 11 is 0. The van der Waals surface area contributed by atoms with Gasteiger partial charge in [0.15, 0.2) is 0 Å². The van der Waals surface area contributed by atoms with Crippen LogP contribution in [0, 0.1) is 0 Å². The van der Waals surface area contributed by atoms with Crippen molar-refractivity contribution in [3.63, 3.8) is 0 Å². The molecule has 2 N–H and O–H groups in total. The quantitative estimate of drug-likeness (QED) is 0.559. The zero-order valence-electron chi connectivity index (χ0n) is 4.90. The molecule has 0 saturated carbocycles. The lowest BCUT2D eigenvalue weighted by atomic mass is 10.6. The number of aromatic nitrogens is 1. The highest BCUT2D eigenvalue weighted by Crippen LogP contribution is 2.17. The van der Waals surface area contributed by atoms with Gasteiger partial charge >= 0.3 is 0 Å². The van der Waals surface area contributed by atoms with Gasteiger partial charge in [-0.1, -0.05) is 0 Å². The average molecular weight is 129 g/mol. The Morgan fingerprint density at radius 1 is 1.33 bits per heavy atom. The van der Waals surface area contributed by atoms with Crippen molar-refractivity contribution in [2.24, 2.45) is 0 Å². The lowest BCUT2D eigenvalue weighted by molar-refractivity contribution is 0.120. The maximum Gasteiger partial charge on any atom is 0.229 e. The molecule has 4 heteroatoms. The molecule has 0 radical (unpaired) electrons. The fraction of sp³-hybridized carbons (Fsp3) is 0.200. The third kappa shape index (κ3) is 0.782. The molecule has 0 saturated heterocycles. The van der Waals surface area contributed by atoms with Crippen LogP contribution in [-0.4, -0.2) is 22.1 Å². The predicted molar refractivity (Wildman–Crippen MR) is 30.3 cm³/mol. The number of nitrogens with zero attached hydrogens (tertiary/aromatic N) is 1. The zero-order valence-corrected chi connectivity index (χ0v) is 4.90. The summed E-state index contributed by atoms with van der Waals surface area (Å²) < 4.78 is 0.903. The Labute approximate surface area is 51.9 Å². The molecule has 0 amide bonds. The smallest absolute Gasteiger partial charge is 0.229 e. The second kappa shape index (κ2) is 1.89. The van der Waals surface area contributed by atoms with Crippen molar-refractivity contribution in [2.75, 3.05) is 7.11 Å². The predicted octanol–water partition coefficient (Wildman–Crippen LogP) is -0.0423. The molecule has 0 atom stereocenters. The van der Waals surface area contributed by atoms with Gasteiger partial charge in [-0.25, -0.2) is 0 Å². The van der Waals surface area contributed by atoms with E-state index in [1.807, 2.05) is 0 Å². The molecule has 4 nitrogen and oxygen atoms in total. The van der Waals surface area contributed by atoms with Crippen molar-refractivity contribution in [3.8, 4) is 11.8 Å². The first-order valence-electron chi connectivity index (χ1n) is 2.40. The number of aromatic hydroxyl groups is 2. The first kappa shape index (κ1) is 5.81. The average Bonchev–Trinajstić information content (AvgIpc) is 2.12. The van der Waals surface area contributed by atoms with E-state index in [2.05, 4.69) is 4.84 Å². The second-order valence-electron chi connectivity index (χ2n) is 1.53. The van der Waals surface area contributed by atoms with Gasteiger partial charge in [-0.15, -0.1) is 4.73 Å². The van der Waals surface area contributed by atoms with Gasteiger partial charge in [0, 0.05) is 12.1 Å². The van der Waals surface area contributed by atoms with Crippen LogP contribution >= 0.6 is 0 Å². The SMILES string of the molecule is COn1c(O)ccc1O. The Morgan fingerprint density at radius 3 is 2.00 bits per heavy atom. The monoisotopic (exact) mass is 129 g/mol. The third-order valence-corrected chi connectivity index (χ3v) is 0.980. The van der Waals surface area contributed by atoms with Gasteiger partial charge in [0.05, 0.1) is 0 Å². The van der Waals surface area contributed by atoms with Gasteiger partial charge < -0.3 is 15.1 Å². The number of hydrogen-bond acceptors (Lipinski definition) is 3. The summed E-state index contributed by atoms with van der Waals surface area (Å²) in [5.41, 5.74) is 0. The van der Waals surface area contributed by atoms with Crippen LogP contribution in [0.1, 0.15) is 0 Å². The number of rotatable bonds is 1. The lowest BCUT2D eigenvalue weighted by Gasteiger charge is -2.00. The molecule has 0 bridgehead atoms. The van der Waals surface area contributed by atoms with Crippen molar-refractivity contribution in [3.05, 3.63) is 12.1 Å². The molecular formula is C5H7NO3. The molecule has 0 fully saturated rings. The first-order valence-corrected chi connectivity index (χ1v) is 2.40. The Hall–Kier alpha value is -1.32. The summed E-state index contributed by atoms with van der Waals surface area (Å²) in [5.74, 6) is -0.231. The van der Waals surface area contributed by atoms with Crippen LogP contribution in [0.5, 0.6) is 11.8 Å². The molecule has 0 spiro atoms. The molecule has 9 heavy (non-hydrogen) atoms. The standard InChI is InChI=1S/C5H7NO3/c1-9-6-4(7)2-3-5(6)8/h2-3,7-8H,1H3. The second-order valence-corrected chi connectivity index (χ2v) is 1.53. The van der Waals surface area contributed by atoms with Crippen molar-refractivity contribution in [1.82, 2.24) is 4.73 Å². The molecule has 0 aromatic carbocycles. The Kier molecular flexibility index (Phi) is 1.22. The fourth-order valence-electron chi connectivity index (χ4n) is 0.589. The highest BCUT2D eigenvalue weighted by atomic mass is 16.7. The van der Waals surface area contributed by atoms with Gasteiger partial charge in [-0.2, -0.15) is 0 Å². The van der Waals surface area contributed by atoms with E-state index in [1.165, 1.54) is 19.2 Å². The van der Waals surface area contributed by atoms with Gasteiger partial charge in [0.25, 0.3) is 0 Å². The van der Waals surface area contributed by atoms with Crippen LogP contribution in [-0.2, 0) is 0 Å². The van der Waals surface area contributed by atoms with Crippen LogP contribution in [0.3, 0.4) is 0 Å². The topological polar surface area (TPSA) is 54.6 Å². The molecule has 1 aromatic heterocycles. The summed E-state index contributed by atoms with van der Waals surface area (Å²) in [6.45, 7) is 0. The van der Waals surface area contributed by atoms with E-state index in [4.69, 9.17) is 10.2 Å². The summed E-state index contributed by atoms with van der Waals surface area (Å²) in [4.78, 5) is 4.53. The fourth-order valence-corrected chi connectivity index (χ4v) is 0.589. The van der Waals surface area contributed by atoms with Crippen LogP contribution < -0.4 is 4.84 Å². The van der Waals surface area contributed by atoms with Crippen LogP contribution in [0.4, 0.5) is 0 Å². The molecule has 0 aliphatic heterocycles. The summed E-state index contributed by atoms with van der Waals surface area (Å²) in [5, 5.41) is 17.6. The van der Waals surface area contributed by atoms with Gasteiger partial charge in [-0.3, -0.25) is 0 Å². The highest BCUT2D eigenvalue weighted by Gasteiger charge is 2.02. The minimum absolute atomic E-state index is 0.116. The van der Waals surface area contributed by atoms with E-state index in [0.717, 1.165) is 4.73 Å². The summed E-state index contributed by atoms with van der Waals surface area (Å²) in [7, 11) is 1.35. The molecule has 1 heterocycles. The Bertz CT molecular complexity index is 186. The van der Waals surface area contributed by atoms with Gasteiger partial charge in [0.1, 0.15) is 7.11 Å². The van der Waals surface area contributed by atoms with Crippen molar-refractivity contribution in [2.45, 2.75) is 0 Å². The largest absolute Gasteiger partial charge is 0.492 e. The van der Waals surface area contributed by atoms with Crippen molar-refractivity contribution >= 4 is 0 Å². The molecule has 0 unspecified atom stereocenters. The van der Waals surface area contributed by atoms with Gasteiger partial charge in [-0.05, 0) is 0 Å². The van der Waals surface area contributed by atoms with Crippen LogP contribution in [0.2, 0.25) is 0 Å².